The largest absolute Gasteiger partial charge is 0.481 e. The van der Waals surface area contributed by atoms with Crippen LogP contribution < -0.4 is 10.1 Å². The summed E-state index contributed by atoms with van der Waals surface area (Å²) < 4.78 is 10.2. The zero-order chi connectivity index (χ0) is 17.6. The van der Waals surface area contributed by atoms with Crippen molar-refractivity contribution in [1.82, 2.24) is 4.90 Å². The molecule has 1 N–H and O–H groups in total. The average Bonchev–Trinajstić information content (AvgIpc) is 2.48. The second kappa shape index (κ2) is 8.41. The van der Waals surface area contributed by atoms with E-state index in [1.165, 1.54) is 7.11 Å². The molecule has 128 valence electrons. The van der Waals surface area contributed by atoms with Crippen molar-refractivity contribution in [1.29, 1.82) is 0 Å². The Morgan fingerprint density at radius 3 is 1.96 bits per heavy atom. The van der Waals surface area contributed by atoms with Gasteiger partial charge in [0.15, 0.2) is 6.10 Å². The van der Waals surface area contributed by atoms with E-state index in [0.29, 0.717) is 11.4 Å². The third-order valence-corrected chi connectivity index (χ3v) is 3.31. The predicted octanol–water partition coefficient (Wildman–Crippen LogP) is 3.28. The van der Waals surface area contributed by atoms with Crippen LogP contribution in [0.1, 0.15) is 34.6 Å². The molecule has 0 radical (unpaired) electrons. The molecule has 1 aromatic rings. The zero-order valence-corrected chi connectivity index (χ0v) is 14.6. The minimum Gasteiger partial charge on any atom is -0.481 e. The van der Waals surface area contributed by atoms with Gasteiger partial charge >= 0.3 is 6.09 Å². The quantitative estimate of drug-likeness (QED) is 0.873. The molecule has 0 bridgehead atoms. The molecular formula is C17H26N2O4. The van der Waals surface area contributed by atoms with Crippen LogP contribution in [0.2, 0.25) is 0 Å². The van der Waals surface area contributed by atoms with E-state index in [2.05, 4.69) is 10.1 Å². The standard InChI is InChI=1S/C17H26N2O4/c1-11(2)19(12(3)4)16(20)13(5)23-15-9-7-14(8-10-15)18-17(21)22-6/h7-13H,1-6H3,(H,18,21)/t13-/m1/s1. The Morgan fingerprint density at radius 2 is 1.52 bits per heavy atom. The van der Waals surface area contributed by atoms with Gasteiger partial charge in [0.05, 0.1) is 7.11 Å². The van der Waals surface area contributed by atoms with E-state index < -0.39 is 12.2 Å². The molecule has 1 atom stereocenters. The molecule has 1 aromatic carbocycles. The predicted molar refractivity (Wildman–Crippen MR) is 89.7 cm³/mol. The second-order valence-corrected chi connectivity index (χ2v) is 5.83. The highest BCUT2D eigenvalue weighted by molar-refractivity contribution is 5.84. The summed E-state index contributed by atoms with van der Waals surface area (Å²) in [4.78, 5) is 25.4. The van der Waals surface area contributed by atoms with Gasteiger partial charge < -0.3 is 14.4 Å². The van der Waals surface area contributed by atoms with Gasteiger partial charge in [-0.25, -0.2) is 4.79 Å². The number of hydrogen-bond acceptors (Lipinski definition) is 4. The second-order valence-electron chi connectivity index (χ2n) is 5.83. The van der Waals surface area contributed by atoms with E-state index in [-0.39, 0.29) is 18.0 Å². The molecule has 0 fully saturated rings. The van der Waals surface area contributed by atoms with E-state index in [1.807, 2.05) is 27.7 Å². The van der Waals surface area contributed by atoms with E-state index in [9.17, 15) is 9.59 Å². The van der Waals surface area contributed by atoms with Crippen LogP contribution in [0.25, 0.3) is 0 Å². The summed E-state index contributed by atoms with van der Waals surface area (Å²) >= 11 is 0. The fourth-order valence-corrected chi connectivity index (χ4v) is 2.36. The summed E-state index contributed by atoms with van der Waals surface area (Å²) in [5, 5.41) is 2.55. The van der Waals surface area contributed by atoms with Crippen molar-refractivity contribution < 1.29 is 19.1 Å². The highest BCUT2D eigenvalue weighted by atomic mass is 16.5. The smallest absolute Gasteiger partial charge is 0.411 e. The summed E-state index contributed by atoms with van der Waals surface area (Å²) in [6, 6.07) is 6.99. The first kappa shape index (κ1) is 18.8. The van der Waals surface area contributed by atoms with E-state index in [4.69, 9.17) is 4.74 Å². The van der Waals surface area contributed by atoms with Gasteiger partial charge in [0.2, 0.25) is 0 Å². The number of anilines is 1. The number of carbonyl (C=O) groups excluding carboxylic acids is 2. The lowest BCUT2D eigenvalue weighted by atomic mass is 10.2. The molecule has 23 heavy (non-hydrogen) atoms. The maximum atomic E-state index is 12.5. The highest BCUT2D eigenvalue weighted by Gasteiger charge is 2.26. The maximum Gasteiger partial charge on any atom is 0.411 e. The van der Waals surface area contributed by atoms with Crippen LogP contribution >= 0.6 is 0 Å². The molecule has 0 aromatic heterocycles. The van der Waals surface area contributed by atoms with Crippen LogP contribution in [0.15, 0.2) is 24.3 Å². The molecule has 2 amide bonds. The van der Waals surface area contributed by atoms with Crippen LogP contribution in [-0.2, 0) is 9.53 Å². The molecule has 1 rings (SSSR count). The summed E-state index contributed by atoms with van der Waals surface area (Å²) in [6.45, 7) is 9.67. The summed E-state index contributed by atoms with van der Waals surface area (Å²) in [5.41, 5.74) is 0.592. The van der Waals surface area contributed by atoms with Gasteiger partial charge in [0.1, 0.15) is 5.75 Å². The Morgan fingerprint density at radius 1 is 1.00 bits per heavy atom. The molecule has 0 aliphatic carbocycles. The number of nitrogens with one attached hydrogen (secondary N) is 1. The Hall–Kier alpha value is -2.24. The van der Waals surface area contributed by atoms with Crippen LogP contribution in [0.4, 0.5) is 10.5 Å². The van der Waals surface area contributed by atoms with E-state index in [1.54, 1.807) is 36.1 Å². The molecule has 0 saturated heterocycles. The minimum absolute atomic E-state index is 0.0493. The molecule has 0 saturated carbocycles. The third kappa shape index (κ3) is 5.47. The van der Waals surface area contributed by atoms with Crippen molar-refractivity contribution in [3.8, 4) is 5.75 Å². The van der Waals surface area contributed by atoms with Crippen molar-refractivity contribution in [2.75, 3.05) is 12.4 Å². The van der Waals surface area contributed by atoms with Crippen molar-refractivity contribution in [3.63, 3.8) is 0 Å². The molecule has 0 heterocycles. The summed E-state index contributed by atoms with van der Waals surface area (Å²) in [5.74, 6) is 0.514. The lowest BCUT2D eigenvalue weighted by molar-refractivity contribution is -0.141. The summed E-state index contributed by atoms with van der Waals surface area (Å²) in [6.07, 6.45) is -1.12. The number of amides is 2. The summed E-state index contributed by atoms with van der Waals surface area (Å²) in [7, 11) is 1.30. The molecule has 0 aliphatic rings. The van der Waals surface area contributed by atoms with Gasteiger partial charge in [0, 0.05) is 17.8 Å². The van der Waals surface area contributed by atoms with Gasteiger partial charge in [-0.1, -0.05) is 0 Å². The topological polar surface area (TPSA) is 67.9 Å². The highest BCUT2D eigenvalue weighted by Crippen LogP contribution is 2.18. The SMILES string of the molecule is COC(=O)Nc1ccc(O[C@H](C)C(=O)N(C(C)C)C(C)C)cc1. The van der Waals surface area contributed by atoms with Crippen molar-refractivity contribution in [2.24, 2.45) is 0 Å². The molecule has 6 nitrogen and oxygen atoms in total. The van der Waals surface area contributed by atoms with Crippen molar-refractivity contribution >= 4 is 17.7 Å². The van der Waals surface area contributed by atoms with Crippen LogP contribution in [0, 0.1) is 0 Å². The van der Waals surface area contributed by atoms with Gasteiger partial charge in [-0.05, 0) is 58.9 Å². The van der Waals surface area contributed by atoms with Gasteiger partial charge in [-0.15, -0.1) is 0 Å². The maximum absolute atomic E-state index is 12.5. The average molecular weight is 322 g/mol. The molecular weight excluding hydrogens is 296 g/mol. The number of carbonyl (C=O) groups is 2. The fraction of sp³-hybridized carbons (Fsp3) is 0.529. The molecule has 0 unspecified atom stereocenters. The van der Waals surface area contributed by atoms with Gasteiger partial charge in [0.25, 0.3) is 5.91 Å². The Kier molecular flexibility index (Phi) is 6.88. The third-order valence-electron chi connectivity index (χ3n) is 3.31. The molecule has 0 aliphatic heterocycles. The van der Waals surface area contributed by atoms with Crippen LogP contribution in [-0.4, -0.2) is 42.2 Å². The number of nitrogens with zero attached hydrogens (tertiary/aromatic N) is 1. The first-order chi connectivity index (χ1) is 10.8. The number of benzene rings is 1. The molecule has 0 spiro atoms. The van der Waals surface area contributed by atoms with Gasteiger partial charge in [-0.2, -0.15) is 0 Å². The molecule has 6 heteroatoms. The number of rotatable bonds is 6. The Bertz CT molecular complexity index is 518. The monoisotopic (exact) mass is 322 g/mol. The zero-order valence-electron chi connectivity index (χ0n) is 14.6. The first-order valence-electron chi connectivity index (χ1n) is 7.70. The lowest BCUT2D eigenvalue weighted by Crippen LogP contribution is -2.47. The number of ether oxygens (including phenoxy) is 2. The normalized spacial score (nSPS) is 12.0. The Balaban J connectivity index is 2.71. The number of hydrogen-bond donors (Lipinski definition) is 1. The van der Waals surface area contributed by atoms with E-state index in [0.717, 1.165) is 0 Å². The lowest BCUT2D eigenvalue weighted by Gasteiger charge is -2.33. The van der Waals surface area contributed by atoms with Crippen molar-refractivity contribution in [2.45, 2.75) is 52.8 Å². The van der Waals surface area contributed by atoms with Crippen LogP contribution in [0.3, 0.4) is 0 Å². The van der Waals surface area contributed by atoms with E-state index >= 15 is 0 Å². The van der Waals surface area contributed by atoms with Crippen LogP contribution in [0.5, 0.6) is 5.75 Å². The van der Waals surface area contributed by atoms with Gasteiger partial charge in [-0.3, -0.25) is 10.1 Å². The Labute approximate surface area is 137 Å². The van der Waals surface area contributed by atoms with Crippen molar-refractivity contribution in [3.05, 3.63) is 24.3 Å². The number of methoxy groups -OCH3 is 1. The minimum atomic E-state index is -0.584. The first-order valence-corrected chi connectivity index (χ1v) is 7.70. The fourth-order valence-electron chi connectivity index (χ4n) is 2.36.